The highest BCUT2D eigenvalue weighted by Gasteiger charge is 2.21. The van der Waals surface area contributed by atoms with Crippen LogP contribution in [0.3, 0.4) is 0 Å². The minimum absolute atomic E-state index is 0.0317. The molecule has 0 saturated heterocycles. The molecule has 2 aromatic rings. The molecule has 1 aromatic carbocycles. The molecule has 102 valence electrons. The number of aromatic hydroxyl groups is 1. The largest absolute Gasteiger partial charge is 0.507 e. The van der Waals surface area contributed by atoms with Crippen LogP contribution in [0.1, 0.15) is 0 Å². The number of phenolic OH excluding ortho intramolecular Hbond substituents is 1. The lowest BCUT2D eigenvalue weighted by molar-refractivity contribution is 0.350. The number of nitrogens with zero attached hydrogens (tertiary/aromatic N) is 2. The van der Waals surface area contributed by atoms with Gasteiger partial charge in [-0.05, 0) is 15.9 Å². The molecule has 3 N–H and O–H groups in total. The maximum absolute atomic E-state index is 10.2. The molecule has 0 saturated carbocycles. The molecule has 1 heterocycles. The quantitative estimate of drug-likeness (QED) is 0.902. The smallest absolute Gasteiger partial charge is 0.175 e. The third kappa shape index (κ3) is 2.10. The second kappa shape index (κ2) is 5.00. The van der Waals surface area contributed by atoms with E-state index in [9.17, 15) is 5.11 Å². The standard InChI is InChI=1S/C12H14BrN3O3/c1-16-12(14)6(5-15-16)9-7(17)4-8(18-2)11(19-3)10(9)13/h4-5,17H,14H2,1-3H3. The molecule has 0 radical (unpaired) electrons. The second-order valence-electron chi connectivity index (χ2n) is 3.89. The number of anilines is 1. The molecule has 7 heteroatoms. The van der Waals surface area contributed by atoms with E-state index in [0.717, 1.165) is 0 Å². The summed E-state index contributed by atoms with van der Waals surface area (Å²) in [5.41, 5.74) is 7.07. The fourth-order valence-corrected chi connectivity index (χ4v) is 2.61. The van der Waals surface area contributed by atoms with Crippen LogP contribution in [-0.4, -0.2) is 29.1 Å². The summed E-state index contributed by atoms with van der Waals surface area (Å²) in [6.45, 7) is 0. The maximum atomic E-state index is 10.2. The van der Waals surface area contributed by atoms with Crippen molar-refractivity contribution < 1.29 is 14.6 Å². The number of nitrogen functional groups attached to an aromatic ring is 1. The summed E-state index contributed by atoms with van der Waals surface area (Å²) in [6, 6.07) is 1.48. The third-order valence-corrected chi connectivity index (χ3v) is 3.60. The molecule has 0 aliphatic heterocycles. The number of methoxy groups -OCH3 is 2. The van der Waals surface area contributed by atoms with E-state index in [0.29, 0.717) is 32.9 Å². The molecule has 0 aliphatic carbocycles. The zero-order chi connectivity index (χ0) is 14.2. The zero-order valence-electron chi connectivity index (χ0n) is 10.8. The molecule has 0 unspecified atom stereocenters. The second-order valence-corrected chi connectivity index (χ2v) is 4.68. The molecular weight excluding hydrogens is 314 g/mol. The Hall–Kier alpha value is -1.89. The van der Waals surface area contributed by atoms with Gasteiger partial charge >= 0.3 is 0 Å². The number of aryl methyl sites for hydroxylation is 1. The van der Waals surface area contributed by atoms with Crippen LogP contribution < -0.4 is 15.2 Å². The topological polar surface area (TPSA) is 82.5 Å². The van der Waals surface area contributed by atoms with Crippen LogP contribution >= 0.6 is 15.9 Å². The number of hydrogen-bond acceptors (Lipinski definition) is 5. The molecule has 0 atom stereocenters. The van der Waals surface area contributed by atoms with Gasteiger partial charge in [-0.1, -0.05) is 0 Å². The van der Waals surface area contributed by atoms with Crippen molar-refractivity contribution in [2.75, 3.05) is 20.0 Å². The summed E-state index contributed by atoms with van der Waals surface area (Å²) in [7, 11) is 4.75. The van der Waals surface area contributed by atoms with Gasteiger partial charge in [-0.15, -0.1) is 0 Å². The Morgan fingerprint density at radius 3 is 2.53 bits per heavy atom. The van der Waals surface area contributed by atoms with E-state index in [-0.39, 0.29) is 5.75 Å². The van der Waals surface area contributed by atoms with E-state index in [1.165, 1.54) is 25.0 Å². The predicted octanol–water partition coefficient (Wildman–Crippen LogP) is 2.15. The minimum Gasteiger partial charge on any atom is -0.507 e. The summed E-state index contributed by atoms with van der Waals surface area (Å²) in [5.74, 6) is 1.39. The number of rotatable bonds is 3. The van der Waals surface area contributed by atoms with Gasteiger partial charge in [-0.25, -0.2) is 0 Å². The van der Waals surface area contributed by atoms with Gasteiger partial charge in [0.1, 0.15) is 11.6 Å². The Kier molecular flexibility index (Phi) is 3.57. The van der Waals surface area contributed by atoms with Gasteiger partial charge in [-0.2, -0.15) is 5.10 Å². The molecule has 0 aliphatic rings. The van der Waals surface area contributed by atoms with Crippen molar-refractivity contribution in [2.45, 2.75) is 0 Å². The first kappa shape index (κ1) is 13.5. The average molecular weight is 328 g/mol. The molecule has 19 heavy (non-hydrogen) atoms. The van der Waals surface area contributed by atoms with Gasteiger partial charge in [0.2, 0.25) is 0 Å². The lowest BCUT2D eigenvalue weighted by Crippen LogP contribution is -1.99. The molecule has 0 spiro atoms. The van der Waals surface area contributed by atoms with Crippen LogP contribution in [0.4, 0.5) is 5.82 Å². The van der Waals surface area contributed by atoms with Gasteiger partial charge in [-0.3, -0.25) is 4.68 Å². The number of phenols is 1. The Labute approximate surface area is 118 Å². The van der Waals surface area contributed by atoms with Crippen molar-refractivity contribution >= 4 is 21.7 Å². The molecular formula is C12H14BrN3O3. The van der Waals surface area contributed by atoms with Crippen LogP contribution in [-0.2, 0) is 7.05 Å². The molecule has 0 fully saturated rings. The summed E-state index contributed by atoms with van der Waals surface area (Å²) < 4.78 is 12.5. The Morgan fingerprint density at radius 1 is 1.37 bits per heavy atom. The zero-order valence-corrected chi connectivity index (χ0v) is 12.4. The van der Waals surface area contributed by atoms with Gasteiger partial charge in [0.15, 0.2) is 11.5 Å². The van der Waals surface area contributed by atoms with Gasteiger partial charge in [0.25, 0.3) is 0 Å². The average Bonchev–Trinajstić information content (AvgIpc) is 2.70. The molecule has 2 rings (SSSR count). The van der Waals surface area contributed by atoms with E-state index >= 15 is 0 Å². The number of hydrogen-bond donors (Lipinski definition) is 2. The lowest BCUT2D eigenvalue weighted by atomic mass is 10.1. The van der Waals surface area contributed by atoms with E-state index < -0.39 is 0 Å². The maximum Gasteiger partial charge on any atom is 0.175 e. The van der Waals surface area contributed by atoms with Crippen LogP contribution in [0.15, 0.2) is 16.7 Å². The Bertz CT molecular complexity index is 625. The molecule has 6 nitrogen and oxygen atoms in total. The first-order valence-electron chi connectivity index (χ1n) is 5.42. The van der Waals surface area contributed by atoms with E-state index in [1.807, 2.05) is 0 Å². The fourth-order valence-electron chi connectivity index (χ4n) is 1.83. The summed E-state index contributed by atoms with van der Waals surface area (Å²) in [6.07, 6.45) is 1.58. The number of benzene rings is 1. The first-order chi connectivity index (χ1) is 9.01. The monoisotopic (exact) mass is 327 g/mol. The number of halogens is 1. The normalized spacial score (nSPS) is 10.5. The van der Waals surface area contributed by atoms with Crippen LogP contribution in [0, 0.1) is 0 Å². The summed E-state index contributed by atoms with van der Waals surface area (Å²) in [5, 5.41) is 14.2. The third-order valence-electron chi connectivity index (χ3n) is 2.84. The minimum atomic E-state index is 0.0317. The first-order valence-corrected chi connectivity index (χ1v) is 6.21. The van der Waals surface area contributed by atoms with Crippen LogP contribution in [0.2, 0.25) is 0 Å². The van der Waals surface area contributed by atoms with Crippen molar-refractivity contribution in [1.29, 1.82) is 0 Å². The van der Waals surface area contributed by atoms with Gasteiger partial charge in [0, 0.05) is 24.2 Å². The molecule has 0 bridgehead atoms. The van der Waals surface area contributed by atoms with E-state index in [2.05, 4.69) is 21.0 Å². The molecule has 1 aromatic heterocycles. The van der Waals surface area contributed by atoms with Crippen molar-refractivity contribution in [2.24, 2.45) is 7.05 Å². The Morgan fingerprint density at radius 2 is 2.05 bits per heavy atom. The number of ether oxygens (including phenoxy) is 2. The van der Waals surface area contributed by atoms with Crippen molar-refractivity contribution in [3.05, 3.63) is 16.7 Å². The van der Waals surface area contributed by atoms with Crippen molar-refractivity contribution in [3.8, 4) is 28.4 Å². The van der Waals surface area contributed by atoms with Crippen molar-refractivity contribution in [3.63, 3.8) is 0 Å². The summed E-state index contributed by atoms with van der Waals surface area (Å²) >= 11 is 3.41. The fraction of sp³-hybridized carbons (Fsp3) is 0.250. The van der Waals surface area contributed by atoms with Crippen molar-refractivity contribution in [1.82, 2.24) is 9.78 Å². The predicted molar refractivity (Wildman–Crippen MR) is 75.5 cm³/mol. The van der Waals surface area contributed by atoms with Crippen LogP contribution in [0.5, 0.6) is 17.2 Å². The number of nitrogens with two attached hydrogens (primary N) is 1. The highest BCUT2D eigenvalue weighted by Crippen LogP contribution is 2.48. The highest BCUT2D eigenvalue weighted by molar-refractivity contribution is 9.10. The van der Waals surface area contributed by atoms with Crippen LogP contribution in [0.25, 0.3) is 11.1 Å². The van der Waals surface area contributed by atoms with E-state index in [1.54, 1.807) is 13.2 Å². The SMILES string of the molecule is COc1cc(O)c(-c2cnn(C)c2N)c(Br)c1OC. The summed E-state index contributed by atoms with van der Waals surface area (Å²) in [4.78, 5) is 0. The van der Waals surface area contributed by atoms with Gasteiger partial charge in [0.05, 0.1) is 24.9 Å². The van der Waals surface area contributed by atoms with E-state index in [4.69, 9.17) is 15.2 Å². The van der Waals surface area contributed by atoms with Gasteiger partial charge < -0.3 is 20.3 Å². The molecule has 0 amide bonds. The lowest BCUT2D eigenvalue weighted by Gasteiger charge is -2.14. The Balaban J connectivity index is 2.74. The number of aromatic nitrogens is 2. The highest BCUT2D eigenvalue weighted by atomic mass is 79.9.